The van der Waals surface area contributed by atoms with Crippen LogP contribution in [-0.2, 0) is 14.3 Å². The number of hydrogen-bond donors (Lipinski definition) is 1. The molecule has 1 heterocycles. The number of aliphatic carboxylic acids is 1. The molecule has 14 heavy (non-hydrogen) atoms. The summed E-state index contributed by atoms with van der Waals surface area (Å²) in [5.74, 6) is -1.11. The average molecular weight is 202 g/mol. The third-order valence-corrected chi connectivity index (χ3v) is 2.49. The van der Waals surface area contributed by atoms with Gasteiger partial charge in [-0.1, -0.05) is 13.8 Å². The molecule has 1 aliphatic rings. The molecular formula is C10H18O4. The van der Waals surface area contributed by atoms with Crippen molar-refractivity contribution in [3.05, 3.63) is 0 Å². The maximum Gasteiger partial charge on any atom is 0.303 e. The summed E-state index contributed by atoms with van der Waals surface area (Å²) in [5, 5.41) is 8.55. The number of carboxylic acids is 1. The van der Waals surface area contributed by atoms with Crippen molar-refractivity contribution in [2.24, 2.45) is 5.92 Å². The van der Waals surface area contributed by atoms with Gasteiger partial charge in [-0.05, 0) is 12.8 Å². The van der Waals surface area contributed by atoms with Crippen LogP contribution in [0, 0.1) is 5.92 Å². The maximum absolute atomic E-state index is 10.4. The third-order valence-electron chi connectivity index (χ3n) is 2.49. The number of rotatable bonds is 4. The first-order valence-corrected chi connectivity index (χ1v) is 4.96. The number of hydrogen-bond acceptors (Lipinski definition) is 3. The molecule has 0 amide bonds. The second-order valence-corrected chi connectivity index (χ2v) is 4.24. The first kappa shape index (κ1) is 11.5. The SMILES string of the molecule is CC(C)C1COC(C)(CCC(=O)O)O1. The molecule has 1 rings (SSSR count). The second-order valence-electron chi connectivity index (χ2n) is 4.24. The molecule has 4 nitrogen and oxygen atoms in total. The summed E-state index contributed by atoms with van der Waals surface area (Å²) in [4.78, 5) is 10.4. The van der Waals surface area contributed by atoms with Crippen molar-refractivity contribution in [1.82, 2.24) is 0 Å². The summed E-state index contributed by atoms with van der Waals surface area (Å²) in [5.41, 5.74) is 0. The van der Waals surface area contributed by atoms with E-state index < -0.39 is 11.8 Å². The molecule has 1 saturated heterocycles. The largest absolute Gasteiger partial charge is 0.481 e. The Hall–Kier alpha value is -0.610. The zero-order chi connectivity index (χ0) is 10.8. The van der Waals surface area contributed by atoms with E-state index in [2.05, 4.69) is 13.8 Å². The Morgan fingerprint density at radius 2 is 2.29 bits per heavy atom. The van der Waals surface area contributed by atoms with E-state index in [0.717, 1.165) is 0 Å². The van der Waals surface area contributed by atoms with E-state index in [1.807, 2.05) is 0 Å². The minimum Gasteiger partial charge on any atom is -0.481 e. The van der Waals surface area contributed by atoms with Crippen molar-refractivity contribution >= 4 is 5.97 Å². The summed E-state index contributed by atoms with van der Waals surface area (Å²) in [7, 11) is 0. The van der Waals surface area contributed by atoms with Crippen molar-refractivity contribution in [3.8, 4) is 0 Å². The molecule has 4 heteroatoms. The van der Waals surface area contributed by atoms with E-state index in [9.17, 15) is 4.79 Å². The van der Waals surface area contributed by atoms with E-state index in [4.69, 9.17) is 14.6 Å². The Morgan fingerprint density at radius 3 is 2.71 bits per heavy atom. The van der Waals surface area contributed by atoms with E-state index >= 15 is 0 Å². The maximum atomic E-state index is 10.4. The van der Waals surface area contributed by atoms with Gasteiger partial charge in [0.2, 0.25) is 0 Å². The minimum absolute atomic E-state index is 0.0846. The van der Waals surface area contributed by atoms with Gasteiger partial charge < -0.3 is 14.6 Å². The van der Waals surface area contributed by atoms with Gasteiger partial charge in [-0.3, -0.25) is 4.79 Å². The van der Waals surface area contributed by atoms with E-state index in [-0.39, 0.29) is 12.5 Å². The molecule has 1 N–H and O–H groups in total. The lowest BCUT2D eigenvalue weighted by atomic mass is 10.1. The topological polar surface area (TPSA) is 55.8 Å². The fourth-order valence-electron chi connectivity index (χ4n) is 1.44. The fourth-order valence-corrected chi connectivity index (χ4v) is 1.44. The molecule has 82 valence electrons. The van der Waals surface area contributed by atoms with Crippen LogP contribution in [0.25, 0.3) is 0 Å². The standard InChI is InChI=1S/C10H18O4/c1-7(2)8-6-13-10(3,14-8)5-4-9(11)12/h7-8H,4-6H2,1-3H3,(H,11,12). The summed E-state index contributed by atoms with van der Waals surface area (Å²) in [6.45, 7) is 6.50. The van der Waals surface area contributed by atoms with Crippen LogP contribution >= 0.6 is 0 Å². The Labute approximate surface area is 84.2 Å². The number of carboxylic acid groups (broad SMARTS) is 1. The first-order chi connectivity index (χ1) is 6.43. The zero-order valence-corrected chi connectivity index (χ0v) is 8.95. The smallest absolute Gasteiger partial charge is 0.303 e. The molecular weight excluding hydrogens is 184 g/mol. The van der Waals surface area contributed by atoms with Crippen LogP contribution in [0.5, 0.6) is 0 Å². The Balaban J connectivity index is 2.41. The Kier molecular flexibility index (Phi) is 3.50. The van der Waals surface area contributed by atoms with E-state index in [0.29, 0.717) is 18.9 Å². The van der Waals surface area contributed by atoms with Crippen molar-refractivity contribution < 1.29 is 19.4 Å². The monoisotopic (exact) mass is 202 g/mol. The highest BCUT2D eigenvalue weighted by Gasteiger charge is 2.38. The van der Waals surface area contributed by atoms with Gasteiger partial charge in [0, 0.05) is 6.42 Å². The highest BCUT2D eigenvalue weighted by atomic mass is 16.7. The lowest BCUT2D eigenvalue weighted by Crippen LogP contribution is -2.28. The Morgan fingerprint density at radius 1 is 1.64 bits per heavy atom. The van der Waals surface area contributed by atoms with E-state index in [1.165, 1.54) is 0 Å². The molecule has 1 aliphatic heterocycles. The van der Waals surface area contributed by atoms with Gasteiger partial charge in [-0.25, -0.2) is 0 Å². The van der Waals surface area contributed by atoms with Gasteiger partial charge in [0.1, 0.15) is 0 Å². The molecule has 0 spiro atoms. The predicted octanol–water partition coefficient (Wildman–Crippen LogP) is 1.64. The lowest BCUT2D eigenvalue weighted by Gasteiger charge is -2.23. The predicted molar refractivity (Wildman–Crippen MR) is 50.9 cm³/mol. The quantitative estimate of drug-likeness (QED) is 0.753. The van der Waals surface area contributed by atoms with Crippen molar-refractivity contribution in [2.45, 2.75) is 45.5 Å². The fraction of sp³-hybridized carbons (Fsp3) is 0.900. The van der Waals surface area contributed by atoms with Crippen LogP contribution in [0.4, 0.5) is 0 Å². The van der Waals surface area contributed by atoms with Gasteiger partial charge >= 0.3 is 5.97 Å². The molecule has 0 aromatic rings. The first-order valence-electron chi connectivity index (χ1n) is 4.96. The van der Waals surface area contributed by atoms with Crippen molar-refractivity contribution in [2.75, 3.05) is 6.61 Å². The van der Waals surface area contributed by atoms with Crippen LogP contribution in [0.2, 0.25) is 0 Å². The van der Waals surface area contributed by atoms with E-state index in [1.54, 1.807) is 6.92 Å². The van der Waals surface area contributed by atoms with Crippen molar-refractivity contribution in [1.29, 1.82) is 0 Å². The summed E-state index contributed by atoms with van der Waals surface area (Å²) in [6, 6.07) is 0. The molecule has 0 aliphatic carbocycles. The van der Waals surface area contributed by atoms with Crippen LogP contribution in [0.3, 0.4) is 0 Å². The third kappa shape index (κ3) is 2.96. The molecule has 0 aromatic heterocycles. The average Bonchev–Trinajstić information content (AvgIpc) is 2.46. The summed E-state index contributed by atoms with van der Waals surface area (Å²) < 4.78 is 11.2. The van der Waals surface area contributed by atoms with Crippen molar-refractivity contribution in [3.63, 3.8) is 0 Å². The molecule has 1 fully saturated rings. The zero-order valence-electron chi connectivity index (χ0n) is 8.95. The number of ether oxygens (including phenoxy) is 2. The van der Waals surface area contributed by atoms with Crippen LogP contribution in [-0.4, -0.2) is 29.6 Å². The van der Waals surface area contributed by atoms with Gasteiger partial charge in [0.25, 0.3) is 0 Å². The molecule has 0 bridgehead atoms. The minimum atomic E-state index is -0.813. The van der Waals surface area contributed by atoms with Crippen LogP contribution in [0.15, 0.2) is 0 Å². The van der Waals surface area contributed by atoms with Gasteiger partial charge in [-0.2, -0.15) is 0 Å². The molecule has 0 radical (unpaired) electrons. The normalized spacial score (nSPS) is 32.4. The second kappa shape index (κ2) is 4.28. The van der Waals surface area contributed by atoms with Gasteiger partial charge in [-0.15, -0.1) is 0 Å². The van der Waals surface area contributed by atoms with Gasteiger partial charge in [0.15, 0.2) is 5.79 Å². The summed E-state index contributed by atoms with van der Waals surface area (Å²) in [6.07, 6.45) is 0.584. The van der Waals surface area contributed by atoms with Crippen LogP contribution < -0.4 is 0 Å². The molecule has 0 saturated carbocycles. The molecule has 2 unspecified atom stereocenters. The lowest BCUT2D eigenvalue weighted by molar-refractivity contribution is -0.169. The highest BCUT2D eigenvalue weighted by molar-refractivity contribution is 5.66. The van der Waals surface area contributed by atoms with Crippen LogP contribution in [0.1, 0.15) is 33.6 Å². The Bertz CT molecular complexity index is 214. The van der Waals surface area contributed by atoms with Gasteiger partial charge in [0.05, 0.1) is 19.1 Å². The highest BCUT2D eigenvalue weighted by Crippen LogP contribution is 2.30. The molecule has 0 aromatic carbocycles. The molecule has 2 atom stereocenters. The summed E-state index contributed by atoms with van der Waals surface area (Å²) >= 11 is 0. The number of carbonyl (C=O) groups is 1.